The zero-order valence-electron chi connectivity index (χ0n) is 11.1. The predicted octanol–water partition coefficient (Wildman–Crippen LogP) is 3.18. The average Bonchev–Trinajstić information content (AvgIpc) is 2.51. The Morgan fingerprint density at radius 3 is 2.65 bits per heavy atom. The van der Waals surface area contributed by atoms with E-state index in [1.54, 1.807) is 18.6 Å². The third kappa shape index (κ3) is 3.02. The van der Waals surface area contributed by atoms with Crippen LogP contribution in [0.5, 0.6) is 5.75 Å². The minimum atomic E-state index is 0.211. The Labute approximate surface area is 123 Å². The highest BCUT2D eigenvalue weighted by atomic mass is 35.5. The summed E-state index contributed by atoms with van der Waals surface area (Å²) < 4.78 is 5.98. The van der Waals surface area contributed by atoms with E-state index in [0.717, 1.165) is 37.5 Å². The van der Waals surface area contributed by atoms with Gasteiger partial charge in [0.2, 0.25) is 0 Å². The van der Waals surface area contributed by atoms with Gasteiger partial charge in [-0.1, -0.05) is 23.7 Å². The van der Waals surface area contributed by atoms with Crippen LogP contribution in [-0.2, 0) is 0 Å². The standard InChI is InChI=1S/C15H16ClN3O/c16-13-3-1-2-4-14(13)20-12-5-9-19(10-6-12)15-11-17-7-8-18-15/h1-4,7-8,11-12H,5-6,9-10H2. The number of para-hydroxylation sites is 1. The molecule has 5 heteroatoms. The lowest BCUT2D eigenvalue weighted by Crippen LogP contribution is -2.38. The molecule has 1 aromatic carbocycles. The van der Waals surface area contributed by atoms with Crippen molar-refractivity contribution in [1.29, 1.82) is 0 Å². The van der Waals surface area contributed by atoms with Gasteiger partial charge in [-0.25, -0.2) is 4.98 Å². The van der Waals surface area contributed by atoms with E-state index in [9.17, 15) is 0 Å². The first-order chi connectivity index (χ1) is 9.83. The van der Waals surface area contributed by atoms with Gasteiger partial charge in [0, 0.05) is 38.3 Å². The van der Waals surface area contributed by atoms with Crippen molar-refractivity contribution in [1.82, 2.24) is 9.97 Å². The van der Waals surface area contributed by atoms with Gasteiger partial charge in [-0.3, -0.25) is 4.98 Å². The molecule has 3 rings (SSSR count). The minimum Gasteiger partial charge on any atom is -0.489 e. The van der Waals surface area contributed by atoms with Crippen LogP contribution in [0.3, 0.4) is 0 Å². The second-order valence-electron chi connectivity index (χ2n) is 4.80. The van der Waals surface area contributed by atoms with Crippen LogP contribution in [0.2, 0.25) is 5.02 Å². The molecule has 1 saturated heterocycles. The zero-order chi connectivity index (χ0) is 13.8. The van der Waals surface area contributed by atoms with E-state index >= 15 is 0 Å². The molecule has 0 amide bonds. The van der Waals surface area contributed by atoms with Crippen molar-refractivity contribution < 1.29 is 4.74 Å². The van der Waals surface area contributed by atoms with Gasteiger partial charge in [-0.2, -0.15) is 0 Å². The zero-order valence-corrected chi connectivity index (χ0v) is 11.8. The van der Waals surface area contributed by atoms with Crippen molar-refractivity contribution in [2.45, 2.75) is 18.9 Å². The van der Waals surface area contributed by atoms with Gasteiger partial charge in [0.15, 0.2) is 0 Å². The van der Waals surface area contributed by atoms with E-state index in [2.05, 4.69) is 14.9 Å². The number of anilines is 1. The largest absolute Gasteiger partial charge is 0.489 e. The summed E-state index contributed by atoms with van der Waals surface area (Å²) in [6.45, 7) is 1.85. The molecule has 0 saturated carbocycles. The predicted molar refractivity (Wildman–Crippen MR) is 79.3 cm³/mol. The summed E-state index contributed by atoms with van der Waals surface area (Å²) in [7, 11) is 0. The van der Waals surface area contributed by atoms with Crippen molar-refractivity contribution in [2.75, 3.05) is 18.0 Å². The smallest absolute Gasteiger partial charge is 0.147 e. The van der Waals surface area contributed by atoms with Crippen LogP contribution < -0.4 is 9.64 Å². The summed E-state index contributed by atoms with van der Waals surface area (Å²) in [4.78, 5) is 10.7. The van der Waals surface area contributed by atoms with Crippen molar-refractivity contribution in [2.24, 2.45) is 0 Å². The fraction of sp³-hybridized carbons (Fsp3) is 0.333. The summed E-state index contributed by atoms with van der Waals surface area (Å²) in [6.07, 6.45) is 7.35. The van der Waals surface area contributed by atoms with Crippen molar-refractivity contribution in [3.8, 4) is 5.75 Å². The summed E-state index contributed by atoms with van der Waals surface area (Å²) in [5.41, 5.74) is 0. The molecule has 20 heavy (non-hydrogen) atoms. The number of nitrogens with zero attached hydrogens (tertiary/aromatic N) is 3. The average molecular weight is 290 g/mol. The van der Waals surface area contributed by atoms with Gasteiger partial charge >= 0.3 is 0 Å². The second-order valence-corrected chi connectivity index (χ2v) is 5.21. The maximum Gasteiger partial charge on any atom is 0.147 e. The molecule has 0 bridgehead atoms. The Kier molecular flexibility index (Phi) is 4.02. The normalized spacial score (nSPS) is 16.1. The van der Waals surface area contributed by atoms with Crippen LogP contribution in [0.1, 0.15) is 12.8 Å². The van der Waals surface area contributed by atoms with E-state index in [4.69, 9.17) is 16.3 Å². The SMILES string of the molecule is Clc1ccccc1OC1CCN(c2cnccn2)CC1. The molecule has 0 unspecified atom stereocenters. The van der Waals surface area contributed by atoms with E-state index in [-0.39, 0.29) is 6.10 Å². The van der Waals surface area contributed by atoms with Crippen LogP contribution in [0.25, 0.3) is 0 Å². The Morgan fingerprint density at radius 1 is 1.15 bits per heavy atom. The number of ether oxygens (including phenoxy) is 1. The molecule has 0 aliphatic carbocycles. The second kappa shape index (κ2) is 6.09. The molecule has 2 heterocycles. The Morgan fingerprint density at radius 2 is 1.95 bits per heavy atom. The van der Waals surface area contributed by atoms with Gasteiger partial charge in [0.05, 0.1) is 11.2 Å². The number of aromatic nitrogens is 2. The quantitative estimate of drug-likeness (QED) is 0.870. The Bertz CT molecular complexity index is 556. The Balaban J connectivity index is 1.58. The van der Waals surface area contributed by atoms with Crippen LogP contribution in [0, 0.1) is 0 Å². The summed E-state index contributed by atoms with van der Waals surface area (Å²) in [6, 6.07) is 7.62. The molecule has 1 aromatic heterocycles. The third-order valence-electron chi connectivity index (χ3n) is 3.45. The lowest BCUT2D eigenvalue weighted by Gasteiger charge is -2.32. The molecule has 4 nitrogen and oxygen atoms in total. The summed E-state index contributed by atoms with van der Waals surface area (Å²) in [5, 5.41) is 0.670. The minimum absolute atomic E-state index is 0.211. The number of hydrogen-bond acceptors (Lipinski definition) is 4. The fourth-order valence-corrected chi connectivity index (χ4v) is 2.56. The third-order valence-corrected chi connectivity index (χ3v) is 3.76. The first-order valence-corrected chi connectivity index (χ1v) is 7.13. The van der Waals surface area contributed by atoms with Gasteiger partial charge in [-0.05, 0) is 12.1 Å². The van der Waals surface area contributed by atoms with Crippen LogP contribution in [0.4, 0.5) is 5.82 Å². The molecular formula is C15H16ClN3O. The molecule has 1 aliphatic heterocycles. The van der Waals surface area contributed by atoms with Gasteiger partial charge < -0.3 is 9.64 Å². The topological polar surface area (TPSA) is 38.2 Å². The van der Waals surface area contributed by atoms with Crippen LogP contribution in [-0.4, -0.2) is 29.2 Å². The first kappa shape index (κ1) is 13.2. The van der Waals surface area contributed by atoms with E-state index in [1.165, 1.54) is 0 Å². The number of piperidine rings is 1. The number of rotatable bonds is 3. The fourth-order valence-electron chi connectivity index (χ4n) is 2.38. The number of hydrogen-bond donors (Lipinski definition) is 0. The molecule has 2 aromatic rings. The number of halogens is 1. The highest BCUT2D eigenvalue weighted by Crippen LogP contribution is 2.27. The van der Waals surface area contributed by atoms with E-state index < -0.39 is 0 Å². The van der Waals surface area contributed by atoms with Crippen LogP contribution in [0.15, 0.2) is 42.9 Å². The molecule has 0 spiro atoms. The molecule has 104 valence electrons. The molecular weight excluding hydrogens is 274 g/mol. The van der Waals surface area contributed by atoms with E-state index in [0.29, 0.717) is 5.02 Å². The van der Waals surface area contributed by atoms with Gasteiger partial charge in [0.1, 0.15) is 17.7 Å². The maximum absolute atomic E-state index is 6.11. The van der Waals surface area contributed by atoms with Gasteiger partial charge in [-0.15, -0.1) is 0 Å². The molecule has 1 aliphatic rings. The van der Waals surface area contributed by atoms with Crippen molar-refractivity contribution in [3.63, 3.8) is 0 Å². The molecule has 1 fully saturated rings. The van der Waals surface area contributed by atoms with Crippen LogP contribution >= 0.6 is 11.6 Å². The van der Waals surface area contributed by atoms with Crippen molar-refractivity contribution >= 4 is 17.4 Å². The lowest BCUT2D eigenvalue weighted by molar-refractivity contribution is 0.171. The molecule has 0 N–H and O–H groups in total. The lowest BCUT2D eigenvalue weighted by atomic mass is 10.1. The van der Waals surface area contributed by atoms with Crippen molar-refractivity contribution in [3.05, 3.63) is 47.9 Å². The molecule has 0 radical (unpaired) electrons. The highest BCUT2D eigenvalue weighted by Gasteiger charge is 2.22. The van der Waals surface area contributed by atoms with Gasteiger partial charge in [0.25, 0.3) is 0 Å². The number of benzene rings is 1. The highest BCUT2D eigenvalue weighted by molar-refractivity contribution is 6.32. The Hall–Kier alpha value is -1.81. The maximum atomic E-state index is 6.11. The monoisotopic (exact) mass is 289 g/mol. The summed E-state index contributed by atoms with van der Waals surface area (Å²) >= 11 is 6.11. The van der Waals surface area contributed by atoms with E-state index in [1.807, 2.05) is 24.3 Å². The first-order valence-electron chi connectivity index (χ1n) is 6.75. The molecule has 0 atom stereocenters. The summed E-state index contributed by atoms with van der Waals surface area (Å²) in [5.74, 6) is 1.70.